The summed E-state index contributed by atoms with van der Waals surface area (Å²) in [7, 11) is -2.43. The lowest BCUT2D eigenvalue weighted by atomic mass is 9.94. The number of rotatable bonds is 9. The Hall–Kier alpha value is -2.01. The van der Waals surface area contributed by atoms with Crippen LogP contribution in [0.3, 0.4) is 0 Å². The van der Waals surface area contributed by atoms with E-state index < -0.39 is 16.1 Å². The van der Waals surface area contributed by atoms with Crippen LogP contribution in [-0.4, -0.2) is 43.7 Å². The lowest BCUT2D eigenvalue weighted by molar-refractivity contribution is -0.116. The van der Waals surface area contributed by atoms with Crippen LogP contribution < -0.4 is 14.8 Å². The second kappa shape index (κ2) is 11.4. The van der Waals surface area contributed by atoms with Crippen LogP contribution in [0, 0.1) is 12.8 Å². The normalized spacial score (nSPS) is 21.2. The molecule has 8 nitrogen and oxygen atoms in total. The number of aliphatic hydroxyl groups is 1. The molecule has 4 rings (SSSR count). The number of methoxy groups -OCH3 is 1. The monoisotopic (exact) mass is 521 g/mol. The zero-order valence-corrected chi connectivity index (χ0v) is 22.0. The predicted octanol–water partition coefficient (Wildman–Crippen LogP) is 4.62. The quantitative estimate of drug-likeness (QED) is 0.443. The molecule has 10 heteroatoms. The zero-order valence-electron chi connectivity index (χ0n) is 20.4. The second-order valence-corrected chi connectivity index (χ2v) is 12.4. The lowest BCUT2D eigenvalue weighted by Crippen LogP contribution is -2.39. The van der Waals surface area contributed by atoms with Gasteiger partial charge in [-0.15, -0.1) is 0 Å². The highest BCUT2D eigenvalue weighted by atomic mass is 32.2. The minimum Gasteiger partial charge on any atom is -0.495 e. The van der Waals surface area contributed by atoms with Crippen LogP contribution in [-0.2, 0) is 14.8 Å². The van der Waals surface area contributed by atoms with Gasteiger partial charge in [0, 0.05) is 12.5 Å². The van der Waals surface area contributed by atoms with E-state index in [0.717, 1.165) is 23.4 Å². The van der Waals surface area contributed by atoms with E-state index in [4.69, 9.17) is 4.74 Å². The number of nitrogens with one attached hydrogen (secondary N) is 2. The SMILES string of the molecule is COc1ccc(-c2sc(NC(=O)CCC3CCCC3)nc2C)cc1S(=O)(=O)N[C@H]1CCC[C@@H](O)C1. The average molecular weight is 522 g/mol. The molecule has 0 spiro atoms. The molecule has 1 amide bonds. The molecule has 192 valence electrons. The van der Waals surface area contributed by atoms with E-state index in [1.54, 1.807) is 18.2 Å². The van der Waals surface area contributed by atoms with Gasteiger partial charge in [0.15, 0.2) is 5.13 Å². The van der Waals surface area contributed by atoms with Crippen molar-refractivity contribution in [1.29, 1.82) is 0 Å². The van der Waals surface area contributed by atoms with Gasteiger partial charge in [-0.1, -0.05) is 37.0 Å². The molecule has 1 aromatic carbocycles. The van der Waals surface area contributed by atoms with Crippen LogP contribution >= 0.6 is 11.3 Å². The molecule has 0 saturated heterocycles. The first-order valence-electron chi connectivity index (χ1n) is 12.4. The maximum absolute atomic E-state index is 13.2. The Kier molecular flexibility index (Phi) is 8.46. The van der Waals surface area contributed by atoms with E-state index in [-0.39, 0.29) is 22.6 Å². The maximum Gasteiger partial charge on any atom is 0.244 e. The Bertz CT molecular complexity index is 1140. The van der Waals surface area contributed by atoms with Crippen molar-refractivity contribution in [3.8, 4) is 16.2 Å². The number of thiazole rings is 1. The number of carbonyl (C=O) groups is 1. The number of aromatic nitrogens is 1. The first-order valence-corrected chi connectivity index (χ1v) is 14.7. The number of benzene rings is 1. The van der Waals surface area contributed by atoms with Gasteiger partial charge in [-0.05, 0) is 68.7 Å². The Morgan fingerprint density at radius 3 is 2.69 bits per heavy atom. The molecular weight excluding hydrogens is 486 g/mol. The number of carbonyl (C=O) groups excluding carboxylic acids is 1. The predicted molar refractivity (Wildman–Crippen MR) is 137 cm³/mol. The molecule has 2 atom stereocenters. The van der Waals surface area contributed by atoms with Gasteiger partial charge in [0.2, 0.25) is 15.9 Å². The molecule has 0 radical (unpaired) electrons. The van der Waals surface area contributed by atoms with Crippen LogP contribution in [0.4, 0.5) is 5.13 Å². The third-order valence-corrected chi connectivity index (χ3v) is 9.64. The van der Waals surface area contributed by atoms with Crippen molar-refractivity contribution in [3.63, 3.8) is 0 Å². The molecule has 3 N–H and O–H groups in total. The number of ether oxygens (including phenoxy) is 1. The van der Waals surface area contributed by atoms with E-state index in [1.165, 1.54) is 44.1 Å². The number of nitrogens with zero attached hydrogens (tertiary/aromatic N) is 1. The van der Waals surface area contributed by atoms with Gasteiger partial charge < -0.3 is 15.2 Å². The van der Waals surface area contributed by atoms with Gasteiger partial charge in [0.05, 0.1) is 23.8 Å². The fourth-order valence-electron chi connectivity index (χ4n) is 5.12. The van der Waals surface area contributed by atoms with Crippen molar-refractivity contribution in [3.05, 3.63) is 23.9 Å². The fourth-order valence-corrected chi connectivity index (χ4v) is 7.57. The summed E-state index contributed by atoms with van der Waals surface area (Å²) in [6.45, 7) is 1.85. The molecule has 0 bridgehead atoms. The smallest absolute Gasteiger partial charge is 0.244 e. The summed E-state index contributed by atoms with van der Waals surface area (Å²) in [6.07, 6.45) is 8.43. The number of sulfonamides is 1. The first-order chi connectivity index (χ1) is 16.7. The van der Waals surface area contributed by atoms with Crippen LogP contribution in [0.1, 0.15) is 69.9 Å². The number of aryl methyl sites for hydroxylation is 1. The summed E-state index contributed by atoms with van der Waals surface area (Å²) in [5.41, 5.74) is 1.41. The van der Waals surface area contributed by atoms with E-state index in [1.807, 2.05) is 6.92 Å². The summed E-state index contributed by atoms with van der Waals surface area (Å²) < 4.78 is 34.6. The largest absolute Gasteiger partial charge is 0.495 e. The molecule has 2 aromatic rings. The molecule has 0 aliphatic heterocycles. The molecule has 2 aliphatic rings. The number of hydrogen-bond acceptors (Lipinski definition) is 7. The Morgan fingerprint density at radius 1 is 1.20 bits per heavy atom. The zero-order chi connectivity index (χ0) is 25.0. The molecule has 35 heavy (non-hydrogen) atoms. The Balaban J connectivity index is 1.50. The minimum atomic E-state index is -3.87. The molecule has 1 aromatic heterocycles. The van der Waals surface area contributed by atoms with Crippen LogP contribution in [0.5, 0.6) is 5.75 Å². The summed E-state index contributed by atoms with van der Waals surface area (Å²) in [5, 5.41) is 13.4. The summed E-state index contributed by atoms with van der Waals surface area (Å²) in [4.78, 5) is 17.8. The van der Waals surface area contributed by atoms with E-state index >= 15 is 0 Å². The highest BCUT2D eigenvalue weighted by molar-refractivity contribution is 7.89. The fraction of sp³-hybridized carbons (Fsp3) is 0.600. The Morgan fingerprint density at radius 2 is 1.97 bits per heavy atom. The van der Waals surface area contributed by atoms with Gasteiger partial charge in [0.25, 0.3) is 0 Å². The molecule has 2 aliphatic carbocycles. The topological polar surface area (TPSA) is 118 Å². The summed E-state index contributed by atoms with van der Waals surface area (Å²) >= 11 is 1.34. The van der Waals surface area contributed by atoms with Gasteiger partial charge in [-0.2, -0.15) is 0 Å². The van der Waals surface area contributed by atoms with E-state index in [9.17, 15) is 18.3 Å². The van der Waals surface area contributed by atoms with Crippen LogP contribution in [0.15, 0.2) is 23.1 Å². The van der Waals surface area contributed by atoms with Crippen molar-refractivity contribution in [2.24, 2.45) is 5.92 Å². The third-order valence-electron chi connectivity index (χ3n) is 6.98. The van der Waals surface area contributed by atoms with Gasteiger partial charge >= 0.3 is 0 Å². The molecular formula is C25H35N3O5S2. The van der Waals surface area contributed by atoms with Gasteiger partial charge in [-0.25, -0.2) is 18.1 Å². The number of amides is 1. The molecule has 0 unspecified atom stereocenters. The van der Waals surface area contributed by atoms with E-state index in [0.29, 0.717) is 42.3 Å². The standard InChI is InChI=1S/C25H35N3O5S2/c1-16-24(34-25(26-16)27-23(30)13-10-17-6-3-4-7-17)18-11-12-21(33-2)22(14-18)35(31,32)28-19-8-5-9-20(29)15-19/h11-12,14,17,19-20,28-29H,3-10,13,15H2,1-2H3,(H,26,27,30)/t19-,20+/m0/s1. The average Bonchev–Trinajstić information content (AvgIpc) is 3.46. The van der Waals surface area contributed by atoms with E-state index in [2.05, 4.69) is 15.0 Å². The van der Waals surface area contributed by atoms with Crippen LogP contribution in [0.2, 0.25) is 0 Å². The second-order valence-electron chi connectivity index (χ2n) is 9.68. The van der Waals surface area contributed by atoms with Gasteiger partial charge in [0.1, 0.15) is 10.6 Å². The summed E-state index contributed by atoms with van der Waals surface area (Å²) in [6, 6.07) is 4.72. The summed E-state index contributed by atoms with van der Waals surface area (Å²) in [5.74, 6) is 0.869. The molecule has 1 heterocycles. The highest BCUT2D eigenvalue weighted by Crippen LogP contribution is 2.37. The number of hydrogen-bond donors (Lipinski definition) is 3. The van der Waals surface area contributed by atoms with Crippen LogP contribution in [0.25, 0.3) is 10.4 Å². The lowest BCUT2D eigenvalue weighted by Gasteiger charge is -2.26. The van der Waals surface area contributed by atoms with Crippen molar-refractivity contribution >= 4 is 32.4 Å². The van der Waals surface area contributed by atoms with Crippen molar-refractivity contribution in [2.45, 2.75) is 88.2 Å². The van der Waals surface area contributed by atoms with Gasteiger partial charge in [-0.3, -0.25) is 4.79 Å². The third kappa shape index (κ3) is 6.61. The van der Waals surface area contributed by atoms with Crippen molar-refractivity contribution < 1.29 is 23.1 Å². The molecule has 2 fully saturated rings. The highest BCUT2D eigenvalue weighted by Gasteiger charge is 2.28. The van der Waals surface area contributed by atoms with Crippen molar-refractivity contribution in [2.75, 3.05) is 12.4 Å². The maximum atomic E-state index is 13.2. The number of anilines is 1. The van der Waals surface area contributed by atoms with Crippen molar-refractivity contribution in [1.82, 2.24) is 9.71 Å². The molecule has 2 saturated carbocycles. The number of aliphatic hydroxyl groups excluding tert-OH is 1. The minimum absolute atomic E-state index is 0.0333. The first kappa shape index (κ1) is 26.1. The Labute approximate surface area is 211 Å².